The number of ether oxygens (including phenoxy) is 1. The lowest BCUT2D eigenvalue weighted by Crippen LogP contribution is -2.43. The number of benzene rings is 1. The molecule has 19 heavy (non-hydrogen) atoms. The Morgan fingerprint density at radius 1 is 1.32 bits per heavy atom. The summed E-state index contributed by atoms with van der Waals surface area (Å²) in [6, 6.07) is 6.25. The van der Waals surface area contributed by atoms with Crippen molar-refractivity contribution in [1.82, 2.24) is 5.32 Å². The molecule has 4 heteroatoms. The van der Waals surface area contributed by atoms with E-state index in [9.17, 15) is 0 Å². The lowest BCUT2D eigenvalue weighted by atomic mass is 9.88. The molecule has 2 N–H and O–H groups in total. The van der Waals surface area contributed by atoms with Crippen molar-refractivity contribution < 1.29 is 4.74 Å². The number of thiocarbonyl (C=S) groups is 1. The maximum atomic E-state index is 5.35. The summed E-state index contributed by atoms with van der Waals surface area (Å²) in [6.07, 6.45) is 0. The van der Waals surface area contributed by atoms with Crippen molar-refractivity contribution in [2.75, 3.05) is 12.4 Å². The summed E-state index contributed by atoms with van der Waals surface area (Å²) < 4.78 is 5.32. The minimum atomic E-state index is 0.155. The van der Waals surface area contributed by atoms with Crippen LogP contribution in [0.15, 0.2) is 18.2 Å². The number of rotatable bonds is 3. The van der Waals surface area contributed by atoms with E-state index in [4.69, 9.17) is 17.0 Å². The van der Waals surface area contributed by atoms with Crippen LogP contribution in [0.4, 0.5) is 5.69 Å². The Balaban J connectivity index is 2.75. The number of methoxy groups -OCH3 is 1. The van der Waals surface area contributed by atoms with Crippen LogP contribution in [0.25, 0.3) is 0 Å². The Hall–Kier alpha value is -1.29. The third-order valence-corrected chi connectivity index (χ3v) is 3.47. The van der Waals surface area contributed by atoms with Crippen LogP contribution < -0.4 is 15.4 Å². The molecule has 1 atom stereocenters. The van der Waals surface area contributed by atoms with E-state index in [1.807, 2.05) is 25.1 Å². The van der Waals surface area contributed by atoms with E-state index < -0.39 is 0 Å². The molecule has 0 bridgehead atoms. The molecule has 0 fully saturated rings. The molecular weight excluding hydrogens is 256 g/mol. The molecule has 0 aliphatic heterocycles. The van der Waals surface area contributed by atoms with Gasteiger partial charge in [0.05, 0.1) is 12.8 Å². The molecule has 1 unspecified atom stereocenters. The SMILES string of the molecule is COc1ccc(C)cc1NC(=S)NC(C)C(C)(C)C. The predicted octanol–water partition coefficient (Wildman–Crippen LogP) is 3.72. The average molecular weight is 280 g/mol. The van der Waals surface area contributed by atoms with Gasteiger partial charge in [-0.25, -0.2) is 0 Å². The lowest BCUT2D eigenvalue weighted by molar-refractivity contribution is 0.317. The second kappa shape index (κ2) is 6.24. The minimum Gasteiger partial charge on any atom is -0.495 e. The first-order valence-electron chi connectivity index (χ1n) is 6.46. The Morgan fingerprint density at radius 3 is 2.47 bits per heavy atom. The summed E-state index contributed by atoms with van der Waals surface area (Å²) in [5.74, 6) is 0.790. The molecule has 0 aromatic heterocycles. The van der Waals surface area contributed by atoms with Crippen molar-refractivity contribution in [2.45, 2.75) is 40.7 Å². The van der Waals surface area contributed by atoms with Gasteiger partial charge in [0.1, 0.15) is 5.75 Å². The van der Waals surface area contributed by atoms with E-state index in [2.05, 4.69) is 38.3 Å². The zero-order valence-corrected chi connectivity index (χ0v) is 13.4. The molecule has 0 amide bonds. The molecule has 0 heterocycles. The lowest BCUT2D eigenvalue weighted by Gasteiger charge is -2.29. The number of aryl methyl sites for hydroxylation is 1. The average Bonchev–Trinajstić information content (AvgIpc) is 2.27. The third-order valence-electron chi connectivity index (χ3n) is 3.25. The van der Waals surface area contributed by atoms with Gasteiger partial charge in [0.15, 0.2) is 5.11 Å². The summed E-state index contributed by atoms with van der Waals surface area (Å²) in [5.41, 5.74) is 2.21. The summed E-state index contributed by atoms with van der Waals surface area (Å²) in [5, 5.41) is 7.12. The smallest absolute Gasteiger partial charge is 0.171 e. The molecule has 0 aliphatic rings. The molecule has 1 aromatic rings. The molecule has 1 aromatic carbocycles. The first-order valence-corrected chi connectivity index (χ1v) is 6.87. The van der Waals surface area contributed by atoms with Crippen LogP contribution in [-0.2, 0) is 0 Å². The van der Waals surface area contributed by atoms with E-state index in [0.29, 0.717) is 5.11 Å². The molecule has 106 valence electrons. The maximum absolute atomic E-state index is 5.35. The molecule has 3 nitrogen and oxygen atoms in total. The fourth-order valence-corrected chi connectivity index (χ4v) is 1.78. The third kappa shape index (κ3) is 4.71. The van der Waals surface area contributed by atoms with Crippen molar-refractivity contribution in [1.29, 1.82) is 0 Å². The van der Waals surface area contributed by atoms with Gasteiger partial charge in [0.25, 0.3) is 0 Å². The molecule has 0 saturated carbocycles. The van der Waals surface area contributed by atoms with Crippen LogP contribution in [-0.4, -0.2) is 18.3 Å². The van der Waals surface area contributed by atoms with E-state index in [0.717, 1.165) is 17.0 Å². The van der Waals surface area contributed by atoms with Crippen LogP contribution in [0.3, 0.4) is 0 Å². The number of nitrogens with one attached hydrogen (secondary N) is 2. The summed E-state index contributed by atoms with van der Waals surface area (Å²) in [4.78, 5) is 0. The number of hydrogen-bond acceptors (Lipinski definition) is 2. The zero-order chi connectivity index (χ0) is 14.6. The van der Waals surface area contributed by atoms with Gasteiger partial charge in [-0.3, -0.25) is 0 Å². The van der Waals surface area contributed by atoms with Crippen molar-refractivity contribution in [2.24, 2.45) is 5.41 Å². The zero-order valence-electron chi connectivity index (χ0n) is 12.6. The highest BCUT2D eigenvalue weighted by atomic mass is 32.1. The summed E-state index contributed by atoms with van der Waals surface area (Å²) >= 11 is 5.35. The van der Waals surface area contributed by atoms with Gasteiger partial charge in [-0.2, -0.15) is 0 Å². The van der Waals surface area contributed by atoms with Gasteiger partial charge in [0, 0.05) is 6.04 Å². The highest BCUT2D eigenvalue weighted by molar-refractivity contribution is 7.80. The fourth-order valence-electron chi connectivity index (χ4n) is 1.49. The second-order valence-corrected chi connectivity index (χ2v) is 6.30. The monoisotopic (exact) mass is 280 g/mol. The first-order chi connectivity index (χ1) is 8.74. The topological polar surface area (TPSA) is 33.3 Å². The molecule has 1 rings (SSSR count). The largest absolute Gasteiger partial charge is 0.495 e. The van der Waals surface area contributed by atoms with Crippen LogP contribution in [0.1, 0.15) is 33.3 Å². The predicted molar refractivity (Wildman–Crippen MR) is 86.0 cm³/mol. The van der Waals surface area contributed by atoms with E-state index in [1.54, 1.807) is 7.11 Å². The van der Waals surface area contributed by atoms with E-state index in [1.165, 1.54) is 0 Å². The van der Waals surface area contributed by atoms with Crippen molar-refractivity contribution in [3.05, 3.63) is 23.8 Å². The Labute approximate surface area is 121 Å². The molecule has 0 saturated heterocycles. The fraction of sp³-hybridized carbons (Fsp3) is 0.533. The van der Waals surface area contributed by atoms with Gasteiger partial charge in [-0.05, 0) is 49.2 Å². The van der Waals surface area contributed by atoms with Crippen LogP contribution in [0, 0.1) is 12.3 Å². The van der Waals surface area contributed by atoms with Crippen molar-refractivity contribution in [3.63, 3.8) is 0 Å². The van der Waals surface area contributed by atoms with Gasteiger partial charge in [0.2, 0.25) is 0 Å². The van der Waals surface area contributed by atoms with E-state index >= 15 is 0 Å². The van der Waals surface area contributed by atoms with Crippen molar-refractivity contribution >= 4 is 23.0 Å². The van der Waals surface area contributed by atoms with Crippen LogP contribution >= 0.6 is 12.2 Å². The summed E-state index contributed by atoms with van der Waals surface area (Å²) in [7, 11) is 1.66. The Bertz CT molecular complexity index is 452. The molecular formula is C15H24N2OS. The molecule has 0 spiro atoms. The highest BCUT2D eigenvalue weighted by Gasteiger charge is 2.20. The van der Waals surface area contributed by atoms with Crippen LogP contribution in [0.2, 0.25) is 0 Å². The molecule has 0 radical (unpaired) electrons. The second-order valence-electron chi connectivity index (χ2n) is 5.89. The van der Waals surface area contributed by atoms with Gasteiger partial charge >= 0.3 is 0 Å². The van der Waals surface area contributed by atoms with E-state index in [-0.39, 0.29) is 11.5 Å². The number of anilines is 1. The number of hydrogen-bond donors (Lipinski definition) is 2. The minimum absolute atomic E-state index is 0.155. The quantitative estimate of drug-likeness (QED) is 0.827. The van der Waals surface area contributed by atoms with Gasteiger partial charge in [-0.1, -0.05) is 26.8 Å². The normalized spacial score (nSPS) is 12.7. The maximum Gasteiger partial charge on any atom is 0.171 e. The Kier molecular flexibility index (Phi) is 5.18. The van der Waals surface area contributed by atoms with Gasteiger partial charge < -0.3 is 15.4 Å². The molecule has 0 aliphatic carbocycles. The van der Waals surface area contributed by atoms with Gasteiger partial charge in [-0.15, -0.1) is 0 Å². The Morgan fingerprint density at radius 2 is 1.95 bits per heavy atom. The first kappa shape index (κ1) is 15.8. The highest BCUT2D eigenvalue weighted by Crippen LogP contribution is 2.25. The van der Waals surface area contributed by atoms with Crippen molar-refractivity contribution in [3.8, 4) is 5.75 Å². The van der Waals surface area contributed by atoms with Crippen LogP contribution in [0.5, 0.6) is 5.75 Å². The summed E-state index contributed by atoms with van der Waals surface area (Å²) in [6.45, 7) is 10.7. The standard InChI is InChI=1S/C15H24N2OS/c1-10-7-8-13(18-6)12(9-10)17-14(19)16-11(2)15(3,4)5/h7-9,11H,1-6H3,(H2,16,17,19).